The standard InChI is InChI=1S/C24H37NO6.C24H35NO6/c2*1-5-9-21(26)23(28)19(15-18-10-7-6-8-11-18)16-22(27)20(14-17(2)3)25-24(29)31-13-12-30-4/h6-8,10-11,17,19-20,23,28H,5,9,12-16H2,1-4H3,(H,25,29);6-8,10-11,17,19-20H,5,9,12-16H2,1-4H3,(H,25,29)/t19?,20-,23?;19?,20-/m00/s1. The number of rotatable bonds is 30. The molecule has 0 aliphatic heterocycles. The normalized spacial score (nSPS) is 13.4. The summed E-state index contributed by atoms with van der Waals surface area (Å²) in [5, 5.41) is 15.9. The van der Waals surface area contributed by atoms with Crippen LogP contribution in [0.2, 0.25) is 0 Å². The highest BCUT2D eigenvalue weighted by molar-refractivity contribution is 6.38. The van der Waals surface area contributed by atoms with E-state index in [0.29, 0.717) is 38.5 Å². The number of Topliss-reactive ketones (excluding diaryl/α,β-unsaturated/α-hetero) is 5. The van der Waals surface area contributed by atoms with Gasteiger partial charge in [-0.2, -0.15) is 0 Å². The van der Waals surface area contributed by atoms with Crippen molar-refractivity contribution in [1.82, 2.24) is 10.6 Å². The van der Waals surface area contributed by atoms with Gasteiger partial charge in [0, 0.05) is 51.7 Å². The molecule has 0 heterocycles. The van der Waals surface area contributed by atoms with Crippen molar-refractivity contribution in [3.63, 3.8) is 0 Å². The number of aliphatic hydroxyl groups excluding tert-OH is 1. The molecule has 2 rings (SSSR count). The van der Waals surface area contributed by atoms with Gasteiger partial charge in [-0.15, -0.1) is 0 Å². The Kier molecular flexibility index (Phi) is 28.5. The SMILES string of the molecule is CCCC(=O)C(=O)C(CC(=O)[C@H](CC(C)C)NC(=O)OCCOC)Cc1ccccc1.CCCC(=O)C(O)C(CC(=O)[C@H](CC(C)C)NC(=O)OCCOC)Cc1ccccc1. The summed E-state index contributed by atoms with van der Waals surface area (Å²) in [5.74, 6) is -2.76. The zero-order valence-electron chi connectivity index (χ0n) is 38.2. The number of aliphatic hydroxyl groups is 1. The molecule has 346 valence electrons. The largest absolute Gasteiger partial charge is 0.447 e. The van der Waals surface area contributed by atoms with Gasteiger partial charge in [-0.05, 0) is 61.5 Å². The number of ether oxygens (including phenoxy) is 4. The highest BCUT2D eigenvalue weighted by Gasteiger charge is 2.33. The quantitative estimate of drug-likeness (QED) is 0.0546. The van der Waals surface area contributed by atoms with E-state index in [1.165, 1.54) is 14.2 Å². The minimum atomic E-state index is -1.22. The Balaban J connectivity index is 0.000000620. The van der Waals surface area contributed by atoms with Crippen LogP contribution in [0.4, 0.5) is 9.59 Å². The number of ketones is 5. The van der Waals surface area contributed by atoms with Gasteiger partial charge in [0.15, 0.2) is 23.1 Å². The van der Waals surface area contributed by atoms with Crippen molar-refractivity contribution in [2.75, 3.05) is 40.6 Å². The van der Waals surface area contributed by atoms with Gasteiger partial charge < -0.3 is 34.7 Å². The molecule has 0 bridgehead atoms. The van der Waals surface area contributed by atoms with E-state index >= 15 is 0 Å². The van der Waals surface area contributed by atoms with E-state index in [0.717, 1.165) is 11.1 Å². The molecular formula is C48H72N2O12. The molecule has 0 saturated heterocycles. The van der Waals surface area contributed by atoms with Crippen LogP contribution in [0.5, 0.6) is 0 Å². The number of nitrogens with one attached hydrogen (secondary N) is 2. The first-order valence-corrected chi connectivity index (χ1v) is 21.8. The summed E-state index contributed by atoms with van der Waals surface area (Å²) >= 11 is 0. The number of alkyl carbamates (subject to hydrolysis) is 2. The lowest BCUT2D eigenvalue weighted by Gasteiger charge is -2.25. The summed E-state index contributed by atoms with van der Waals surface area (Å²) in [6.07, 6.45) is 0.443. The topological polar surface area (TPSA) is 201 Å². The van der Waals surface area contributed by atoms with Crippen molar-refractivity contribution in [2.45, 2.75) is 124 Å². The molecule has 2 aromatic rings. The molecule has 0 saturated carbocycles. The second-order valence-electron chi connectivity index (χ2n) is 16.3. The Bertz CT molecular complexity index is 1630. The Morgan fingerprint density at radius 3 is 1.44 bits per heavy atom. The van der Waals surface area contributed by atoms with Gasteiger partial charge in [-0.1, -0.05) is 102 Å². The van der Waals surface area contributed by atoms with Crippen molar-refractivity contribution in [3.8, 4) is 0 Å². The van der Waals surface area contributed by atoms with E-state index in [1.54, 1.807) is 0 Å². The minimum Gasteiger partial charge on any atom is -0.447 e. The summed E-state index contributed by atoms with van der Waals surface area (Å²) in [6.45, 7) is 12.2. The van der Waals surface area contributed by atoms with Gasteiger partial charge in [0.25, 0.3) is 0 Å². The summed E-state index contributed by atoms with van der Waals surface area (Å²) in [4.78, 5) is 87.7. The number of amides is 2. The van der Waals surface area contributed by atoms with E-state index in [4.69, 9.17) is 18.9 Å². The van der Waals surface area contributed by atoms with Crippen molar-refractivity contribution < 1.29 is 57.6 Å². The van der Waals surface area contributed by atoms with Crippen LogP contribution in [0.1, 0.15) is 104 Å². The van der Waals surface area contributed by atoms with Gasteiger partial charge in [-0.25, -0.2) is 9.59 Å². The lowest BCUT2D eigenvalue weighted by molar-refractivity contribution is -0.140. The van der Waals surface area contributed by atoms with Crippen molar-refractivity contribution in [2.24, 2.45) is 23.7 Å². The van der Waals surface area contributed by atoms with Crippen LogP contribution in [0.3, 0.4) is 0 Å². The molecule has 0 radical (unpaired) electrons. The first-order valence-electron chi connectivity index (χ1n) is 21.8. The maximum Gasteiger partial charge on any atom is 0.407 e. The Hall–Kier alpha value is -4.79. The summed E-state index contributed by atoms with van der Waals surface area (Å²) in [5.41, 5.74) is 1.82. The molecule has 3 N–H and O–H groups in total. The maximum atomic E-state index is 13.1. The van der Waals surface area contributed by atoms with Crippen molar-refractivity contribution in [1.29, 1.82) is 0 Å². The molecule has 3 unspecified atom stereocenters. The van der Waals surface area contributed by atoms with E-state index in [9.17, 15) is 38.7 Å². The molecule has 0 aromatic heterocycles. The number of carbonyl (C=O) groups is 7. The van der Waals surface area contributed by atoms with Crippen LogP contribution < -0.4 is 10.6 Å². The third kappa shape index (κ3) is 23.4. The molecule has 2 aromatic carbocycles. The summed E-state index contributed by atoms with van der Waals surface area (Å²) < 4.78 is 19.7. The van der Waals surface area contributed by atoms with E-state index in [1.807, 2.05) is 102 Å². The Morgan fingerprint density at radius 1 is 0.581 bits per heavy atom. The predicted octanol–water partition coefficient (Wildman–Crippen LogP) is 6.85. The number of hydrogen-bond acceptors (Lipinski definition) is 12. The molecule has 5 atom stereocenters. The summed E-state index contributed by atoms with van der Waals surface area (Å²) in [6, 6.07) is 17.2. The van der Waals surface area contributed by atoms with E-state index in [-0.39, 0.29) is 81.3 Å². The molecule has 0 aliphatic rings. The Labute approximate surface area is 368 Å². The predicted molar refractivity (Wildman–Crippen MR) is 237 cm³/mol. The highest BCUT2D eigenvalue weighted by atomic mass is 16.6. The van der Waals surface area contributed by atoms with E-state index in [2.05, 4.69) is 10.6 Å². The molecule has 14 nitrogen and oxygen atoms in total. The zero-order valence-corrected chi connectivity index (χ0v) is 38.2. The molecule has 0 aliphatic carbocycles. The van der Waals surface area contributed by atoms with Gasteiger partial charge >= 0.3 is 12.2 Å². The van der Waals surface area contributed by atoms with Crippen LogP contribution >= 0.6 is 0 Å². The van der Waals surface area contributed by atoms with Crippen LogP contribution in [0.15, 0.2) is 60.7 Å². The number of hydrogen-bond donors (Lipinski definition) is 3. The lowest BCUT2D eigenvalue weighted by atomic mass is 9.84. The molecule has 0 spiro atoms. The fraction of sp³-hybridized carbons (Fsp3) is 0.604. The van der Waals surface area contributed by atoms with Crippen LogP contribution in [-0.4, -0.2) is 105 Å². The van der Waals surface area contributed by atoms with Crippen LogP contribution in [0, 0.1) is 23.7 Å². The fourth-order valence-corrected chi connectivity index (χ4v) is 6.68. The lowest BCUT2D eigenvalue weighted by Crippen LogP contribution is -2.44. The third-order valence-corrected chi connectivity index (χ3v) is 9.79. The van der Waals surface area contributed by atoms with E-state index < -0.39 is 53.8 Å². The second kappa shape index (κ2) is 32.0. The number of benzene rings is 2. The Morgan fingerprint density at radius 2 is 1.02 bits per heavy atom. The monoisotopic (exact) mass is 869 g/mol. The molecule has 2 amide bonds. The number of carbonyl (C=O) groups excluding carboxylic acids is 7. The smallest absolute Gasteiger partial charge is 0.407 e. The maximum absolute atomic E-state index is 13.1. The second-order valence-corrected chi connectivity index (χ2v) is 16.3. The van der Waals surface area contributed by atoms with Gasteiger partial charge in [0.2, 0.25) is 5.78 Å². The molecule has 0 fully saturated rings. The fourth-order valence-electron chi connectivity index (χ4n) is 6.68. The van der Waals surface area contributed by atoms with Gasteiger partial charge in [0.05, 0.1) is 25.3 Å². The first-order chi connectivity index (χ1) is 29.6. The molecule has 14 heteroatoms. The van der Waals surface area contributed by atoms with Gasteiger partial charge in [-0.3, -0.25) is 24.0 Å². The van der Waals surface area contributed by atoms with Gasteiger partial charge in [0.1, 0.15) is 19.3 Å². The van der Waals surface area contributed by atoms with Crippen LogP contribution in [0.25, 0.3) is 0 Å². The molecular weight excluding hydrogens is 797 g/mol. The zero-order chi connectivity index (χ0) is 46.5. The van der Waals surface area contributed by atoms with Crippen LogP contribution in [-0.2, 0) is 55.8 Å². The first kappa shape index (κ1) is 55.2. The minimum absolute atomic E-state index is 0.0126. The highest BCUT2D eigenvalue weighted by Crippen LogP contribution is 2.22. The van der Waals surface area contributed by atoms with Crippen molar-refractivity contribution >= 4 is 41.1 Å². The molecule has 62 heavy (non-hydrogen) atoms. The number of methoxy groups -OCH3 is 2. The van der Waals surface area contributed by atoms with Crippen molar-refractivity contribution in [3.05, 3.63) is 71.8 Å². The summed E-state index contributed by atoms with van der Waals surface area (Å²) in [7, 11) is 3.00. The average molecular weight is 869 g/mol. The average Bonchev–Trinajstić information content (AvgIpc) is 3.23. The third-order valence-electron chi connectivity index (χ3n) is 9.79.